The van der Waals surface area contributed by atoms with E-state index in [1.54, 1.807) is 24.3 Å². The average molecular weight is 451 g/mol. The van der Waals surface area contributed by atoms with Crippen LogP contribution >= 0.6 is 22.9 Å². The van der Waals surface area contributed by atoms with E-state index in [1.807, 2.05) is 18.2 Å². The Balaban J connectivity index is 1.39. The van der Waals surface area contributed by atoms with Gasteiger partial charge in [0.05, 0.1) is 5.39 Å². The Labute approximate surface area is 187 Å². The summed E-state index contributed by atoms with van der Waals surface area (Å²) in [5.41, 5.74) is 2.57. The van der Waals surface area contributed by atoms with Crippen LogP contribution in [-0.4, -0.2) is 27.3 Å². The molecule has 1 aliphatic rings. The fourth-order valence-corrected chi connectivity index (χ4v) is 5.26. The summed E-state index contributed by atoms with van der Waals surface area (Å²) < 4.78 is 0. The van der Waals surface area contributed by atoms with Gasteiger partial charge in [-0.3, -0.25) is 24.8 Å². The number of nitrogens with one attached hydrogen (secondary N) is 2. The Kier molecular flexibility index (Phi) is 5.31. The second-order valence-electron chi connectivity index (χ2n) is 7.51. The Morgan fingerprint density at radius 2 is 1.94 bits per heavy atom. The highest BCUT2D eigenvalue weighted by Gasteiger charge is 2.24. The zero-order chi connectivity index (χ0) is 21.4. The van der Waals surface area contributed by atoms with Crippen LogP contribution in [0.25, 0.3) is 10.2 Å². The number of rotatable bonds is 4. The zero-order valence-corrected chi connectivity index (χ0v) is 18.1. The topological polar surface area (TPSA) is 78.1 Å². The van der Waals surface area contributed by atoms with Crippen LogP contribution in [0.3, 0.4) is 0 Å². The molecule has 156 valence electrons. The molecule has 1 amide bonds. The number of aromatic amines is 1. The molecule has 4 aromatic rings. The number of hydrogen-bond donors (Lipinski definition) is 2. The molecule has 31 heavy (non-hydrogen) atoms. The van der Waals surface area contributed by atoms with Gasteiger partial charge in [-0.2, -0.15) is 0 Å². The van der Waals surface area contributed by atoms with Crippen LogP contribution in [0, 0.1) is 0 Å². The Bertz CT molecular complexity index is 1320. The fourth-order valence-electron chi connectivity index (χ4n) is 3.87. The molecule has 6 nitrogen and oxygen atoms in total. The molecule has 0 unspecified atom stereocenters. The zero-order valence-electron chi connectivity index (χ0n) is 16.5. The number of thiophene rings is 1. The maximum Gasteiger partial charge on any atom is 0.261 e. The Morgan fingerprint density at radius 3 is 2.71 bits per heavy atom. The van der Waals surface area contributed by atoms with Gasteiger partial charge in [0.15, 0.2) is 0 Å². The molecule has 0 atom stereocenters. The SMILES string of the molecule is O=C(Nc1nc2sc3c(c2c(=O)[nH]1)CCN(Cc1ccccc1)C3)c1ccc(Cl)cc1. The van der Waals surface area contributed by atoms with Gasteiger partial charge in [0, 0.05) is 35.1 Å². The van der Waals surface area contributed by atoms with Crippen LogP contribution in [0.4, 0.5) is 5.95 Å². The smallest absolute Gasteiger partial charge is 0.261 e. The molecule has 0 saturated heterocycles. The molecule has 0 bridgehead atoms. The molecule has 2 aromatic heterocycles. The summed E-state index contributed by atoms with van der Waals surface area (Å²) in [6.07, 6.45) is 0.809. The number of carbonyl (C=O) groups is 1. The van der Waals surface area contributed by atoms with Crippen LogP contribution < -0.4 is 10.9 Å². The predicted octanol–water partition coefficient (Wildman–Crippen LogP) is 4.45. The quantitative estimate of drug-likeness (QED) is 0.481. The lowest BCUT2D eigenvalue weighted by Crippen LogP contribution is -2.29. The third-order valence-corrected chi connectivity index (χ3v) is 6.74. The van der Waals surface area contributed by atoms with Crippen LogP contribution in [0.1, 0.15) is 26.4 Å². The van der Waals surface area contributed by atoms with Gasteiger partial charge in [0.1, 0.15) is 4.83 Å². The van der Waals surface area contributed by atoms with Crippen molar-refractivity contribution in [3.8, 4) is 0 Å². The third-order valence-electron chi connectivity index (χ3n) is 5.38. The first-order valence-corrected chi connectivity index (χ1v) is 11.1. The molecule has 3 heterocycles. The lowest BCUT2D eigenvalue weighted by Gasteiger charge is -2.26. The highest BCUT2D eigenvalue weighted by atomic mass is 35.5. The Morgan fingerprint density at radius 1 is 1.16 bits per heavy atom. The van der Waals surface area contributed by atoms with Gasteiger partial charge in [-0.1, -0.05) is 41.9 Å². The summed E-state index contributed by atoms with van der Waals surface area (Å²) >= 11 is 7.40. The second kappa shape index (κ2) is 8.26. The molecule has 1 aliphatic heterocycles. The van der Waals surface area contributed by atoms with E-state index in [-0.39, 0.29) is 17.4 Å². The van der Waals surface area contributed by atoms with Crippen molar-refractivity contribution >= 4 is 45.0 Å². The van der Waals surface area contributed by atoms with Crippen molar-refractivity contribution in [3.05, 3.63) is 91.5 Å². The summed E-state index contributed by atoms with van der Waals surface area (Å²) in [6, 6.07) is 16.9. The van der Waals surface area contributed by atoms with Gasteiger partial charge < -0.3 is 0 Å². The standard InChI is InChI=1S/C23H19ClN4O2S/c24-16-8-6-15(7-9-16)20(29)25-23-26-21(30)19-17-10-11-28(12-14-4-2-1-3-5-14)13-18(17)31-22(19)27-23/h1-9H,10-13H2,(H2,25,26,27,29,30). The summed E-state index contributed by atoms with van der Waals surface area (Å²) in [5, 5.41) is 3.87. The van der Waals surface area contributed by atoms with Crippen LogP contribution in [0.2, 0.25) is 5.02 Å². The number of benzene rings is 2. The van der Waals surface area contributed by atoms with Gasteiger partial charge >= 0.3 is 0 Å². The van der Waals surface area contributed by atoms with E-state index < -0.39 is 0 Å². The molecule has 2 N–H and O–H groups in total. The first-order chi connectivity index (χ1) is 15.1. The molecule has 0 radical (unpaired) electrons. The highest BCUT2D eigenvalue weighted by Crippen LogP contribution is 2.33. The minimum Gasteiger partial charge on any atom is -0.294 e. The van der Waals surface area contributed by atoms with Crippen molar-refractivity contribution in [3.63, 3.8) is 0 Å². The summed E-state index contributed by atoms with van der Waals surface area (Å²) in [6.45, 7) is 2.56. The number of hydrogen-bond acceptors (Lipinski definition) is 5. The number of anilines is 1. The van der Waals surface area contributed by atoms with Gasteiger partial charge in [0.25, 0.3) is 11.5 Å². The highest BCUT2D eigenvalue weighted by molar-refractivity contribution is 7.18. The largest absolute Gasteiger partial charge is 0.294 e. The minimum atomic E-state index is -0.352. The third kappa shape index (κ3) is 4.12. The van der Waals surface area contributed by atoms with E-state index in [4.69, 9.17) is 11.6 Å². The van der Waals surface area contributed by atoms with Gasteiger partial charge in [-0.05, 0) is 41.8 Å². The maximum absolute atomic E-state index is 12.8. The van der Waals surface area contributed by atoms with Crippen LogP contribution in [-0.2, 0) is 19.5 Å². The first-order valence-electron chi connectivity index (χ1n) is 9.94. The molecule has 0 saturated carbocycles. The van der Waals surface area contributed by atoms with Crippen molar-refractivity contribution in [2.45, 2.75) is 19.5 Å². The van der Waals surface area contributed by atoms with Crippen LogP contribution in [0.5, 0.6) is 0 Å². The molecule has 2 aromatic carbocycles. The lowest BCUT2D eigenvalue weighted by atomic mass is 10.0. The van der Waals surface area contributed by atoms with Crippen molar-refractivity contribution < 1.29 is 4.79 Å². The Hall–Kier alpha value is -3.00. The number of nitrogens with zero attached hydrogens (tertiary/aromatic N) is 2. The molecule has 0 aliphatic carbocycles. The fraction of sp³-hybridized carbons (Fsp3) is 0.174. The molecular formula is C23H19ClN4O2S. The summed E-state index contributed by atoms with van der Waals surface area (Å²) in [4.78, 5) is 36.7. The van der Waals surface area contributed by atoms with E-state index >= 15 is 0 Å². The van der Waals surface area contributed by atoms with Gasteiger partial charge in [0.2, 0.25) is 5.95 Å². The van der Waals surface area contributed by atoms with E-state index in [1.165, 1.54) is 16.9 Å². The van der Waals surface area contributed by atoms with Gasteiger partial charge in [-0.25, -0.2) is 4.98 Å². The molecule has 0 fully saturated rings. The minimum absolute atomic E-state index is 0.150. The second-order valence-corrected chi connectivity index (χ2v) is 9.03. The maximum atomic E-state index is 12.8. The molecule has 0 spiro atoms. The van der Waals surface area contributed by atoms with Crippen LogP contribution in [0.15, 0.2) is 59.4 Å². The van der Waals surface area contributed by atoms with E-state index in [0.29, 0.717) is 20.8 Å². The van der Waals surface area contributed by atoms with Crippen molar-refractivity contribution in [1.82, 2.24) is 14.9 Å². The monoisotopic (exact) mass is 450 g/mol. The summed E-state index contributed by atoms with van der Waals surface area (Å²) in [5.74, 6) is -0.202. The van der Waals surface area contributed by atoms with Gasteiger partial charge in [-0.15, -0.1) is 11.3 Å². The van der Waals surface area contributed by atoms with Crippen molar-refractivity contribution in [2.24, 2.45) is 0 Å². The first kappa shape index (κ1) is 19.9. The number of carbonyl (C=O) groups excluding carboxylic acids is 1. The normalized spacial score (nSPS) is 13.8. The van der Waals surface area contributed by atoms with E-state index in [0.717, 1.165) is 36.5 Å². The predicted molar refractivity (Wildman–Crippen MR) is 124 cm³/mol. The average Bonchev–Trinajstić information content (AvgIpc) is 3.13. The number of amides is 1. The number of H-pyrrole nitrogens is 1. The van der Waals surface area contributed by atoms with Crippen molar-refractivity contribution in [1.29, 1.82) is 0 Å². The molecular weight excluding hydrogens is 432 g/mol. The lowest BCUT2D eigenvalue weighted by molar-refractivity contribution is 0.102. The molecule has 8 heteroatoms. The van der Waals surface area contributed by atoms with E-state index in [2.05, 4.69) is 32.3 Å². The number of halogens is 1. The summed E-state index contributed by atoms with van der Waals surface area (Å²) in [7, 11) is 0. The number of fused-ring (bicyclic) bond motifs is 3. The number of aromatic nitrogens is 2. The van der Waals surface area contributed by atoms with E-state index in [9.17, 15) is 9.59 Å². The van der Waals surface area contributed by atoms with Crippen molar-refractivity contribution in [2.75, 3.05) is 11.9 Å². The molecule has 5 rings (SSSR count).